The van der Waals surface area contributed by atoms with Gasteiger partial charge in [-0.2, -0.15) is 0 Å². The number of benzene rings is 5. The van der Waals surface area contributed by atoms with E-state index >= 15 is 0 Å². The smallest absolute Gasteiger partial charge is 0.182 e. The molecule has 49 heavy (non-hydrogen) atoms. The van der Waals surface area contributed by atoms with E-state index in [4.69, 9.17) is 19.4 Å². The van der Waals surface area contributed by atoms with Gasteiger partial charge < -0.3 is 4.42 Å². The van der Waals surface area contributed by atoms with Gasteiger partial charge in [0.15, 0.2) is 29.4 Å². The molecule has 4 bridgehead atoms. The van der Waals surface area contributed by atoms with Gasteiger partial charge in [-0.3, -0.25) is 0 Å². The average Bonchev–Trinajstić information content (AvgIpc) is 3.64. The normalized spacial score (nSPS) is 22.5. The maximum Gasteiger partial charge on any atom is 0.182 e. The zero-order chi connectivity index (χ0) is 32.4. The second-order valence-electron chi connectivity index (χ2n) is 14.6. The van der Waals surface area contributed by atoms with Crippen molar-refractivity contribution in [3.8, 4) is 56.4 Å². The van der Waals surface area contributed by atoms with E-state index in [1.165, 1.54) is 50.5 Å². The van der Waals surface area contributed by atoms with Crippen molar-refractivity contribution in [1.82, 2.24) is 19.9 Å². The van der Waals surface area contributed by atoms with Crippen LogP contribution in [0.2, 0.25) is 0 Å². The third kappa shape index (κ3) is 5.07. The monoisotopic (exact) mass is 636 g/mol. The predicted octanol–water partition coefficient (Wildman–Crippen LogP) is 10.8. The van der Waals surface area contributed by atoms with Gasteiger partial charge >= 0.3 is 0 Å². The van der Waals surface area contributed by atoms with Crippen LogP contribution in [-0.2, 0) is 5.41 Å². The summed E-state index contributed by atoms with van der Waals surface area (Å²) >= 11 is 0. The molecule has 5 heteroatoms. The van der Waals surface area contributed by atoms with Crippen LogP contribution in [0.1, 0.15) is 44.1 Å². The van der Waals surface area contributed by atoms with Gasteiger partial charge in [-0.15, -0.1) is 0 Å². The van der Waals surface area contributed by atoms with Crippen molar-refractivity contribution in [1.29, 1.82) is 0 Å². The largest absolute Gasteiger partial charge is 0.443 e. The van der Waals surface area contributed by atoms with Gasteiger partial charge in [0.05, 0.1) is 0 Å². The van der Waals surface area contributed by atoms with Crippen LogP contribution in [0.5, 0.6) is 0 Å². The van der Waals surface area contributed by atoms with Gasteiger partial charge in [-0.05, 0) is 96.1 Å². The Morgan fingerprint density at radius 2 is 1.02 bits per heavy atom. The van der Waals surface area contributed by atoms with E-state index in [2.05, 4.69) is 96.0 Å². The number of para-hydroxylation sites is 1. The first-order chi connectivity index (χ1) is 24.2. The van der Waals surface area contributed by atoms with Crippen molar-refractivity contribution in [3.63, 3.8) is 0 Å². The van der Waals surface area contributed by atoms with Crippen molar-refractivity contribution in [2.75, 3.05) is 0 Å². The molecule has 7 aromatic rings. The van der Waals surface area contributed by atoms with Crippen LogP contribution < -0.4 is 0 Å². The van der Waals surface area contributed by atoms with Crippen molar-refractivity contribution < 1.29 is 4.42 Å². The van der Waals surface area contributed by atoms with Gasteiger partial charge in [0, 0.05) is 22.3 Å². The number of rotatable bonds is 6. The molecule has 238 valence electrons. The molecule has 4 aliphatic rings. The first kappa shape index (κ1) is 28.6. The zero-order valence-electron chi connectivity index (χ0n) is 27.3. The summed E-state index contributed by atoms with van der Waals surface area (Å²) in [5.41, 5.74) is 10.9. The first-order valence-corrected chi connectivity index (χ1v) is 17.6. The molecule has 2 aromatic heterocycles. The Bertz CT molecular complexity index is 2270. The van der Waals surface area contributed by atoms with E-state index in [1.807, 2.05) is 30.3 Å². The van der Waals surface area contributed by atoms with Crippen LogP contribution in [-0.4, -0.2) is 19.9 Å². The van der Waals surface area contributed by atoms with Gasteiger partial charge in [0.1, 0.15) is 5.52 Å². The zero-order valence-corrected chi connectivity index (χ0v) is 27.3. The first-order valence-electron chi connectivity index (χ1n) is 17.6. The topological polar surface area (TPSA) is 64.7 Å². The predicted molar refractivity (Wildman–Crippen MR) is 194 cm³/mol. The molecule has 4 aliphatic carbocycles. The van der Waals surface area contributed by atoms with Crippen LogP contribution in [0.25, 0.3) is 67.5 Å². The van der Waals surface area contributed by atoms with E-state index in [0.717, 1.165) is 67.8 Å². The lowest BCUT2D eigenvalue weighted by Crippen LogP contribution is -2.48. The Hall–Kier alpha value is -5.42. The lowest BCUT2D eigenvalue weighted by molar-refractivity contribution is -0.00518. The fourth-order valence-corrected chi connectivity index (χ4v) is 9.58. The van der Waals surface area contributed by atoms with E-state index in [1.54, 1.807) is 0 Å². The molecule has 0 spiro atoms. The Morgan fingerprint density at radius 3 is 1.67 bits per heavy atom. The van der Waals surface area contributed by atoms with E-state index in [0.29, 0.717) is 22.9 Å². The second-order valence-corrected chi connectivity index (χ2v) is 14.6. The molecule has 2 heterocycles. The third-order valence-corrected chi connectivity index (χ3v) is 11.5. The van der Waals surface area contributed by atoms with Crippen LogP contribution >= 0.6 is 0 Å². The molecular weight excluding hydrogens is 601 g/mol. The summed E-state index contributed by atoms with van der Waals surface area (Å²) < 4.78 is 5.55. The Kier molecular flexibility index (Phi) is 6.61. The highest BCUT2D eigenvalue weighted by Crippen LogP contribution is 2.60. The number of oxazole rings is 1. The number of aromatic nitrogens is 4. The van der Waals surface area contributed by atoms with E-state index in [9.17, 15) is 0 Å². The maximum absolute atomic E-state index is 5.55. The van der Waals surface area contributed by atoms with Crippen molar-refractivity contribution >= 4 is 11.1 Å². The molecule has 0 amide bonds. The molecule has 0 N–H and O–H groups in total. The minimum absolute atomic E-state index is 0.372. The minimum Gasteiger partial charge on any atom is -0.443 e. The Balaban J connectivity index is 0.987. The van der Waals surface area contributed by atoms with Crippen molar-refractivity contribution in [3.05, 3.63) is 133 Å². The number of fused-ring (bicyclic) bond motifs is 1. The summed E-state index contributed by atoms with van der Waals surface area (Å²) in [5.74, 6) is 4.84. The van der Waals surface area contributed by atoms with Gasteiger partial charge in [-0.25, -0.2) is 19.9 Å². The minimum atomic E-state index is 0.372. The fraction of sp³-hybridized carbons (Fsp3) is 0.227. The molecule has 0 radical (unpaired) electrons. The van der Waals surface area contributed by atoms with E-state index in [-0.39, 0.29) is 0 Å². The summed E-state index contributed by atoms with van der Waals surface area (Å²) in [7, 11) is 0. The molecule has 5 aromatic carbocycles. The summed E-state index contributed by atoms with van der Waals surface area (Å²) in [6.45, 7) is 0. The lowest BCUT2D eigenvalue weighted by atomic mass is 9.48. The van der Waals surface area contributed by atoms with Gasteiger partial charge in [0.25, 0.3) is 0 Å². The molecule has 5 nitrogen and oxygen atoms in total. The summed E-state index contributed by atoms with van der Waals surface area (Å²) in [6.07, 6.45) is 9.98. The highest BCUT2D eigenvalue weighted by molar-refractivity contribution is 5.91. The van der Waals surface area contributed by atoms with E-state index < -0.39 is 0 Å². The third-order valence-electron chi connectivity index (χ3n) is 11.5. The highest BCUT2D eigenvalue weighted by Gasteiger charge is 2.51. The van der Waals surface area contributed by atoms with Crippen LogP contribution in [0.4, 0.5) is 0 Å². The van der Waals surface area contributed by atoms with Gasteiger partial charge in [0.2, 0.25) is 0 Å². The number of hydrogen-bond acceptors (Lipinski definition) is 5. The molecule has 4 saturated carbocycles. The molecule has 0 unspecified atom stereocenters. The molecular formula is C44H36N4O. The summed E-state index contributed by atoms with van der Waals surface area (Å²) in [6, 6.07) is 42.6. The molecule has 0 atom stereocenters. The standard InChI is InChI=1S/C44H36N4O/c1-2-6-32(7-3-1)41-46-42(48-43(47-41)34-16-18-37(19-17-34)44-24-28-20-29(25-44)22-30(21-28)26-44)33-14-12-31(13-15-33)35-8-4-9-36(23-35)38-10-5-11-39-40(38)45-27-49-39/h1-19,23,27-30H,20-22,24-26H2. The maximum atomic E-state index is 5.55. The summed E-state index contributed by atoms with van der Waals surface area (Å²) in [4.78, 5) is 19.5. The van der Waals surface area contributed by atoms with Crippen molar-refractivity contribution in [2.24, 2.45) is 17.8 Å². The van der Waals surface area contributed by atoms with Crippen LogP contribution in [0.3, 0.4) is 0 Å². The quantitative estimate of drug-likeness (QED) is 0.182. The van der Waals surface area contributed by atoms with Crippen molar-refractivity contribution in [2.45, 2.75) is 43.9 Å². The Morgan fingerprint density at radius 1 is 0.490 bits per heavy atom. The molecule has 4 fully saturated rings. The Labute approximate surface area is 286 Å². The van der Waals surface area contributed by atoms with Crippen LogP contribution in [0, 0.1) is 17.8 Å². The fourth-order valence-electron chi connectivity index (χ4n) is 9.58. The lowest BCUT2D eigenvalue weighted by Gasteiger charge is -2.57. The number of nitrogens with zero attached hydrogens (tertiary/aromatic N) is 4. The molecule has 0 aliphatic heterocycles. The van der Waals surface area contributed by atoms with Crippen LogP contribution in [0.15, 0.2) is 132 Å². The highest BCUT2D eigenvalue weighted by atomic mass is 16.3. The molecule has 0 saturated heterocycles. The second kappa shape index (κ2) is 11.3. The van der Waals surface area contributed by atoms with Gasteiger partial charge in [-0.1, -0.05) is 109 Å². The SMILES string of the molecule is c1ccc(-c2nc(-c3ccc(-c4cccc(-c5cccc6ocnc56)c4)cc3)nc(-c3ccc(C45CC6CC(CC(C6)C4)C5)cc3)n2)cc1. The molecule has 11 rings (SSSR count). The number of hydrogen-bond donors (Lipinski definition) is 0. The summed E-state index contributed by atoms with van der Waals surface area (Å²) in [5, 5.41) is 0. The average molecular weight is 637 g/mol.